The maximum atomic E-state index is 13.6. The van der Waals surface area contributed by atoms with Crippen LogP contribution in [0.25, 0.3) is 0 Å². The first-order valence-corrected chi connectivity index (χ1v) is 6.35. The second-order valence-corrected chi connectivity index (χ2v) is 4.45. The molecule has 1 aromatic heterocycles. The Morgan fingerprint density at radius 3 is 2.68 bits per heavy atom. The number of hydrogen-bond donors (Lipinski definition) is 1. The number of H-pyrrole nitrogens is 1. The molecule has 2 aromatic rings. The summed E-state index contributed by atoms with van der Waals surface area (Å²) in [6.45, 7) is 1.80. The molecule has 1 heterocycles. The molecule has 0 saturated carbocycles. The first kappa shape index (κ1) is 15.5. The lowest BCUT2D eigenvalue weighted by Crippen LogP contribution is -2.31. The van der Waals surface area contributed by atoms with Gasteiger partial charge < -0.3 is 15.0 Å². The van der Waals surface area contributed by atoms with Crippen LogP contribution < -0.4 is 0 Å². The molecular weight excluding hydrogens is 298 g/mol. The predicted octanol–water partition coefficient (Wildman–Crippen LogP) is 2.26. The summed E-state index contributed by atoms with van der Waals surface area (Å²) >= 11 is 0. The Bertz CT molecular complexity index is 717. The van der Waals surface area contributed by atoms with Gasteiger partial charge in [-0.25, -0.2) is 8.78 Å². The van der Waals surface area contributed by atoms with E-state index < -0.39 is 28.3 Å². The number of nitrogens with one attached hydrogen (secondary N) is 1. The number of nitrogens with zero attached hydrogens (tertiary/aromatic N) is 3. The minimum Gasteiger partial charge on any atom is -0.358 e. The Morgan fingerprint density at radius 2 is 2.14 bits per heavy atom. The van der Waals surface area contributed by atoms with E-state index in [9.17, 15) is 23.7 Å². The first-order valence-electron chi connectivity index (χ1n) is 6.35. The summed E-state index contributed by atoms with van der Waals surface area (Å²) in [5, 5.41) is 16.3. The fourth-order valence-corrected chi connectivity index (χ4v) is 1.86. The maximum absolute atomic E-state index is 13.6. The van der Waals surface area contributed by atoms with Crippen LogP contribution >= 0.6 is 0 Å². The Balaban J connectivity index is 2.19. The van der Waals surface area contributed by atoms with E-state index in [1.54, 1.807) is 6.92 Å². The van der Waals surface area contributed by atoms with Crippen LogP contribution in [0.5, 0.6) is 0 Å². The van der Waals surface area contributed by atoms with Crippen LogP contribution in [-0.4, -0.2) is 32.5 Å². The average Bonchev–Trinajstić information content (AvgIpc) is 2.96. The van der Waals surface area contributed by atoms with Gasteiger partial charge in [0.1, 0.15) is 11.6 Å². The molecule has 0 aliphatic rings. The van der Waals surface area contributed by atoms with E-state index in [0.29, 0.717) is 0 Å². The monoisotopic (exact) mass is 310 g/mol. The summed E-state index contributed by atoms with van der Waals surface area (Å²) in [4.78, 5) is 23.3. The van der Waals surface area contributed by atoms with E-state index >= 15 is 0 Å². The number of amides is 1. The minimum atomic E-state index is -0.765. The molecular formula is C13H12F2N4O3. The van der Waals surface area contributed by atoms with Gasteiger partial charge in [-0.15, -0.1) is 5.10 Å². The Labute approximate surface area is 123 Å². The fourth-order valence-electron chi connectivity index (χ4n) is 1.86. The van der Waals surface area contributed by atoms with Gasteiger partial charge in [0.2, 0.25) is 0 Å². The molecule has 1 amide bonds. The summed E-state index contributed by atoms with van der Waals surface area (Å²) in [5.41, 5.74) is -0.00212. The second kappa shape index (κ2) is 6.29. The van der Waals surface area contributed by atoms with Gasteiger partial charge in [-0.1, -0.05) is 11.2 Å². The molecule has 0 aliphatic heterocycles. The molecule has 0 atom stereocenters. The van der Waals surface area contributed by atoms with Crippen molar-refractivity contribution in [1.82, 2.24) is 15.1 Å². The third kappa shape index (κ3) is 3.25. The van der Waals surface area contributed by atoms with Crippen LogP contribution in [0, 0.1) is 21.7 Å². The van der Waals surface area contributed by atoms with E-state index in [-0.39, 0.29) is 24.3 Å². The molecule has 116 valence electrons. The van der Waals surface area contributed by atoms with Crippen LogP contribution in [0.1, 0.15) is 23.0 Å². The van der Waals surface area contributed by atoms with E-state index in [0.717, 1.165) is 18.2 Å². The van der Waals surface area contributed by atoms with Crippen LogP contribution in [-0.2, 0) is 6.54 Å². The van der Waals surface area contributed by atoms with E-state index in [4.69, 9.17) is 0 Å². The molecule has 0 aliphatic carbocycles. The summed E-state index contributed by atoms with van der Waals surface area (Å²) in [6, 6.07) is 4.07. The highest BCUT2D eigenvalue weighted by molar-refractivity contribution is 5.92. The van der Waals surface area contributed by atoms with Crippen molar-refractivity contribution in [2.24, 2.45) is 0 Å². The zero-order valence-electron chi connectivity index (χ0n) is 11.5. The molecule has 0 radical (unpaired) electrons. The van der Waals surface area contributed by atoms with Gasteiger partial charge in [0.25, 0.3) is 5.91 Å². The molecule has 0 unspecified atom stereocenters. The number of rotatable bonds is 5. The van der Waals surface area contributed by atoms with Crippen molar-refractivity contribution in [2.45, 2.75) is 13.5 Å². The molecule has 9 heteroatoms. The largest absolute Gasteiger partial charge is 0.358 e. The lowest BCUT2D eigenvalue weighted by molar-refractivity contribution is -0.389. The smallest absolute Gasteiger partial charge is 0.343 e. The van der Waals surface area contributed by atoms with Gasteiger partial charge in [-0.2, -0.15) is 0 Å². The summed E-state index contributed by atoms with van der Waals surface area (Å²) in [6.07, 6.45) is 0. The molecule has 0 saturated heterocycles. The lowest BCUT2D eigenvalue weighted by Gasteiger charge is -2.19. The number of halogens is 2. The maximum Gasteiger partial charge on any atom is 0.343 e. The predicted molar refractivity (Wildman–Crippen MR) is 72.0 cm³/mol. The van der Waals surface area contributed by atoms with Gasteiger partial charge in [0, 0.05) is 24.7 Å². The summed E-state index contributed by atoms with van der Waals surface area (Å²) in [5.74, 6) is -2.47. The highest BCUT2D eigenvalue weighted by Crippen LogP contribution is 2.15. The summed E-state index contributed by atoms with van der Waals surface area (Å²) < 4.78 is 26.5. The fraction of sp³-hybridized carbons (Fsp3) is 0.231. The zero-order valence-corrected chi connectivity index (χ0v) is 11.5. The van der Waals surface area contributed by atoms with Crippen molar-refractivity contribution in [1.29, 1.82) is 0 Å². The molecule has 0 spiro atoms. The number of benzene rings is 1. The van der Waals surface area contributed by atoms with E-state index in [1.807, 2.05) is 0 Å². The van der Waals surface area contributed by atoms with Gasteiger partial charge in [-0.05, 0) is 17.9 Å². The Hall–Kier alpha value is -2.84. The van der Waals surface area contributed by atoms with Crippen molar-refractivity contribution in [3.05, 3.63) is 57.3 Å². The van der Waals surface area contributed by atoms with Crippen molar-refractivity contribution < 1.29 is 18.5 Å². The Morgan fingerprint density at radius 1 is 1.41 bits per heavy atom. The third-order valence-corrected chi connectivity index (χ3v) is 3.03. The molecule has 1 N–H and O–H groups in total. The van der Waals surface area contributed by atoms with Crippen molar-refractivity contribution in [3.8, 4) is 0 Å². The topological polar surface area (TPSA) is 92.1 Å². The van der Waals surface area contributed by atoms with Gasteiger partial charge in [-0.3, -0.25) is 4.79 Å². The highest BCUT2D eigenvalue weighted by Gasteiger charge is 2.22. The normalized spacial score (nSPS) is 10.5. The SMILES string of the molecule is CCN(Cc1ccc(F)cc1F)C(=O)c1cc([N+](=O)[O-])[nH]n1. The van der Waals surface area contributed by atoms with Crippen molar-refractivity contribution >= 4 is 11.7 Å². The molecule has 22 heavy (non-hydrogen) atoms. The van der Waals surface area contributed by atoms with Crippen LogP contribution in [0.4, 0.5) is 14.6 Å². The minimum absolute atomic E-state index is 0.0951. The van der Waals surface area contributed by atoms with Crippen LogP contribution in [0.15, 0.2) is 24.3 Å². The standard InChI is InChI=1S/C13H12F2N4O3/c1-2-18(7-8-3-4-9(14)5-10(8)15)13(20)11-6-12(17-16-11)19(21)22/h3-6H,2,7H2,1H3,(H,16,17). The average molecular weight is 310 g/mol. The van der Waals surface area contributed by atoms with Gasteiger partial charge >= 0.3 is 5.82 Å². The highest BCUT2D eigenvalue weighted by atomic mass is 19.1. The first-order chi connectivity index (χ1) is 10.4. The Kier molecular flexibility index (Phi) is 4.44. The van der Waals surface area contributed by atoms with Gasteiger partial charge in [0.15, 0.2) is 5.69 Å². The number of carbonyl (C=O) groups is 1. The van der Waals surface area contributed by atoms with Gasteiger partial charge in [0.05, 0.1) is 6.07 Å². The number of aromatic nitrogens is 2. The molecule has 7 nitrogen and oxygen atoms in total. The van der Waals surface area contributed by atoms with Crippen LogP contribution in [0.3, 0.4) is 0 Å². The second-order valence-electron chi connectivity index (χ2n) is 4.45. The van der Waals surface area contributed by atoms with Crippen molar-refractivity contribution in [2.75, 3.05) is 6.54 Å². The van der Waals surface area contributed by atoms with Crippen LogP contribution in [0.2, 0.25) is 0 Å². The number of hydrogen-bond acceptors (Lipinski definition) is 4. The lowest BCUT2D eigenvalue weighted by atomic mass is 10.2. The van der Waals surface area contributed by atoms with E-state index in [1.165, 1.54) is 11.0 Å². The zero-order chi connectivity index (χ0) is 16.3. The van der Waals surface area contributed by atoms with Crippen molar-refractivity contribution in [3.63, 3.8) is 0 Å². The number of carbonyl (C=O) groups excluding carboxylic acids is 1. The van der Waals surface area contributed by atoms with E-state index in [2.05, 4.69) is 10.2 Å². The molecule has 1 aromatic carbocycles. The number of aromatic amines is 1. The molecule has 2 rings (SSSR count). The molecule has 0 fully saturated rings. The quantitative estimate of drug-likeness (QED) is 0.677. The molecule has 0 bridgehead atoms. The number of nitro groups is 1. The summed E-state index contributed by atoms with van der Waals surface area (Å²) in [7, 11) is 0. The third-order valence-electron chi connectivity index (χ3n) is 3.03.